The van der Waals surface area contributed by atoms with Crippen molar-refractivity contribution in [1.29, 1.82) is 0 Å². The van der Waals surface area contributed by atoms with Crippen molar-refractivity contribution in [3.05, 3.63) is 18.3 Å². The van der Waals surface area contributed by atoms with Gasteiger partial charge in [0.05, 0.1) is 13.3 Å². The first-order valence-electron chi connectivity index (χ1n) is 6.25. The van der Waals surface area contributed by atoms with Crippen molar-refractivity contribution in [2.45, 2.75) is 25.8 Å². The first kappa shape index (κ1) is 12.2. The Morgan fingerprint density at radius 2 is 2.35 bits per heavy atom. The molecule has 1 aliphatic heterocycles. The Kier molecular flexibility index (Phi) is 3.84. The molecule has 1 aromatic rings. The third kappa shape index (κ3) is 2.69. The molecule has 2 N–H and O–H groups in total. The Labute approximate surface area is 103 Å². The average molecular weight is 235 g/mol. The molecule has 0 amide bonds. The van der Waals surface area contributed by atoms with E-state index in [4.69, 9.17) is 10.5 Å². The van der Waals surface area contributed by atoms with Crippen LogP contribution in [-0.4, -0.2) is 31.2 Å². The zero-order chi connectivity index (χ0) is 12.3. The normalized spacial score (nSPS) is 24.8. The summed E-state index contributed by atoms with van der Waals surface area (Å²) in [7, 11) is 1.66. The minimum atomic E-state index is 0.342. The molecule has 0 aromatic carbocycles. The summed E-state index contributed by atoms with van der Waals surface area (Å²) in [5, 5.41) is 0. The number of nitrogens with two attached hydrogens (primary N) is 1. The number of hydrogen-bond acceptors (Lipinski definition) is 4. The van der Waals surface area contributed by atoms with E-state index in [0.29, 0.717) is 12.0 Å². The quantitative estimate of drug-likeness (QED) is 0.865. The summed E-state index contributed by atoms with van der Waals surface area (Å²) in [6.45, 7) is 4.21. The van der Waals surface area contributed by atoms with E-state index in [9.17, 15) is 0 Å². The Morgan fingerprint density at radius 3 is 2.94 bits per heavy atom. The van der Waals surface area contributed by atoms with Crippen LogP contribution in [0.5, 0.6) is 5.75 Å². The van der Waals surface area contributed by atoms with Gasteiger partial charge in [-0.15, -0.1) is 0 Å². The van der Waals surface area contributed by atoms with Gasteiger partial charge in [0.2, 0.25) is 0 Å². The summed E-state index contributed by atoms with van der Waals surface area (Å²) in [6.07, 6.45) is 3.95. The van der Waals surface area contributed by atoms with Crippen LogP contribution < -0.4 is 15.4 Å². The predicted octanol–water partition coefficient (Wildman–Crippen LogP) is 1.65. The van der Waals surface area contributed by atoms with Crippen LogP contribution in [0.1, 0.15) is 19.8 Å². The largest absolute Gasteiger partial charge is 0.495 e. The van der Waals surface area contributed by atoms with E-state index in [2.05, 4.69) is 16.8 Å². The molecule has 1 fully saturated rings. The van der Waals surface area contributed by atoms with Gasteiger partial charge in [-0.3, -0.25) is 0 Å². The van der Waals surface area contributed by atoms with Gasteiger partial charge >= 0.3 is 0 Å². The van der Waals surface area contributed by atoms with Crippen molar-refractivity contribution < 1.29 is 4.74 Å². The van der Waals surface area contributed by atoms with Crippen LogP contribution in [0.25, 0.3) is 0 Å². The van der Waals surface area contributed by atoms with E-state index in [0.717, 1.165) is 37.5 Å². The van der Waals surface area contributed by atoms with Gasteiger partial charge in [0.25, 0.3) is 0 Å². The molecule has 0 bridgehead atoms. The molecule has 1 aliphatic rings. The minimum absolute atomic E-state index is 0.342. The van der Waals surface area contributed by atoms with Gasteiger partial charge in [0.15, 0.2) is 0 Å². The van der Waals surface area contributed by atoms with Crippen LogP contribution in [0, 0.1) is 5.92 Å². The number of aromatic nitrogens is 1. The highest BCUT2D eigenvalue weighted by atomic mass is 16.5. The highest BCUT2D eigenvalue weighted by molar-refractivity contribution is 5.41. The van der Waals surface area contributed by atoms with E-state index in [1.165, 1.54) is 0 Å². The molecule has 0 radical (unpaired) electrons. The number of anilines is 1. The molecule has 4 nitrogen and oxygen atoms in total. The lowest BCUT2D eigenvalue weighted by atomic mass is 9.91. The third-order valence-electron chi connectivity index (χ3n) is 3.60. The molecule has 4 heteroatoms. The van der Waals surface area contributed by atoms with Crippen molar-refractivity contribution >= 4 is 5.82 Å². The van der Waals surface area contributed by atoms with E-state index >= 15 is 0 Å². The monoisotopic (exact) mass is 235 g/mol. The van der Waals surface area contributed by atoms with Crippen molar-refractivity contribution in [1.82, 2.24) is 4.98 Å². The minimum Gasteiger partial charge on any atom is -0.495 e. The molecule has 2 unspecified atom stereocenters. The fourth-order valence-electron chi connectivity index (χ4n) is 2.37. The molecule has 1 saturated heterocycles. The van der Waals surface area contributed by atoms with E-state index in [-0.39, 0.29) is 0 Å². The molecule has 2 atom stereocenters. The summed E-state index contributed by atoms with van der Waals surface area (Å²) in [6, 6.07) is 4.31. The van der Waals surface area contributed by atoms with Gasteiger partial charge in [-0.1, -0.05) is 13.3 Å². The Hall–Kier alpha value is -1.29. The molecule has 0 aliphatic carbocycles. The molecule has 0 saturated carbocycles. The highest BCUT2D eigenvalue weighted by Crippen LogP contribution is 2.23. The van der Waals surface area contributed by atoms with Gasteiger partial charge in [-0.05, 0) is 24.5 Å². The maximum atomic E-state index is 6.11. The SMILES string of the molecule is CCC1CN(c2ccc(OC)cn2)CCC1N. The van der Waals surface area contributed by atoms with Gasteiger partial charge in [0, 0.05) is 19.1 Å². The van der Waals surface area contributed by atoms with E-state index in [1.807, 2.05) is 12.1 Å². The molecule has 0 spiro atoms. The van der Waals surface area contributed by atoms with Crippen molar-refractivity contribution in [3.63, 3.8) is 0 Å². The second kappa shape index (κ2) is 5.36. The maximum absolute atomic E-state index is 6.11. The fourth-order valence-corrected chi connectivity index (χ4v) is 2.37. The molecule has 94 valence electrons. The Bertz CT molecular complexity index is 352. The van der Waals surface area contributed by atoms with Crippen LogP contribution >= 0.6 is 0 Å². The summed E-state index contributed by atoms with van der Waals surface area (Å²) in [5.74, 6) is 2.40. The number of ether oxygens (including phenoxy) is 1. The highest BCUT2D eigenvalue weighted by Gasteiger charge is 2.25. The Morgan fingerprint density at radius 1 is 1.53 bits per heavy atom. The van der Waals surface area contributed by atoms with Crippen LogP contribution in [0.15, 0.2) is 18.3 Å². The average Bonchev–Trinajstić information content (AvgIpc) is 2.39. The molecule has 2 rings (SSSR count). The van der Waals surface area contributed by atoms with Gasteiger partial charge < -0.3 is 15.4 Å². The van der Waals surface area contributed by atoms with Crippen LogP contribution in [0.3, 0.4) is 0 Å². The van der Waals surface area contributed by atoms with E-state index in [1.54, 1.807) is 13.3 Å². The predicted molar refractivity (Wildman–Crippen MR) is 69.4 cm³/mol. The summed E-state index contributed by atoms with van der Waals surface area (Å²) in [4.78, 5) is 6.74. The summed E-state index contributed by atoms with van der Waals surface area (Å²) in [5.41, 5.74) is 6.11. The number of pyridine rings is 1. The second-order valence-corrected chi connectivity index (χ2v) is 4.62. The number of methoxy groups -OCH3 is 1. The lowest BCUT2D eigenvalue weighted by Crippen LogP contribution is -2.47. The topological polar surface area (TPSA) is 51.4 Å². The lowest BCUT2D eigenvalue weighted by Gasteiger charge is -2.37. The molecule has 17 heavy (non-hydrogen) atoms. The van der Waals surface area contributed by atoms with Gasteiger partial charge in [-0.2, -0.15) is 0 Å². The lowest BCUT2D eigenvalue weighted by molar-refractivity contribution is 0.346. The zero-order valence-electron chi connectivity index (χ0n) is 10.6. The van der Waals surface area contributed by atoms with Gasteiger partial charge in [-0.25, -0.2) is 4.98 Å². The smallest absolute Gasteiger partial charge is 0.137 e. The number of nitrogens with zero attached hydrogens (tertiary/aromatic N) is 2. The zero-order valence-corrected chi connectivity index (χ0v) is 10.6. The second-order valence-electron chi connectivity index (χ2n) is 4.62. The maximum Gasteiger partial charge on any atom is 0.137 e. The van der Waals surface area contributed by atoms with Crippen LogP contribution in [0.4, 0.5) is 5.82 Å². The first-order chi connectivity index (χ1) is 8.24. The molecule has 1 aromatic heterocycles. The molecular formula is C13H21N3O. The van der Waals surface area contributed by atoms with Gasteiger partial charge in [0.1, 0.15) is 11.6 Å². The third-order valence-corrected chi connectivity index (χ3v) is 3.60. The van der Waals surface area contributed by atoms with E-state index < -0.39 is 0 Å². The van der Waals surface area contributed by atoms with Crippen molar-refractivity contribution in [2.75, 3.05) is 25.1 Å². The number of piperidine rings is 1. The Balaban J connectivity index is 2.06. The van der Waals surface area contributed by atoms with Crippen LogP contribution in [0.2, 0.25) is 0 Å². The molecular weight excluding hydrogens is 214 g/mol. The number of hydrogen-bond donors (Lipinski definition) is 1. The standard InChI is InChI=1S/C13H21N3O/c1-3-10-9-16(7-6-12(10)14)13-5-4-11(17-2)8-15-13/h4-5,8,10,12H,3,6-7,9,14H2,1-2H3. The van der Waals surface area contributed by atoms with Crippen molar-refractivity contribution in [3.8, 4) is 5.75 Å². The van der Waals surface area contributed by atoms with Crippen molar-refractivity contribution in [2.24, 2.45) is 11.7 Å². The number of rotatable bonds is 3. The van der Waals surface area contributed by atoms with Crippen LogP contribution in [-0.2, 0) is 0 Å². The summed E-state index contributed by atoms with van der Waals surface area (Å²) >= 11 is 0. The fraction of sp³-hybridized carbons (Fsp3) is 0.615. The first-order valence-corrected chi connectivity index (χ1v) is 6.25. The summed E-state index contributed by atoms with van der Waals surface area (Å²) < 4.78 is 5.11. The molecule has 2 heterocycles.